The minimum Gasteiger partial charge on any atom is -0.361 e. The van der Waals surface area contributed by atoms with Crippen LogP contribution in [0.1, 0.15) is 22.7 Å². The molecule has 7 nitrogen and oxygen atoms in total. The maximum atomic E-state index is 12.7. The lowest BCUT2D eigenvalue weighted by atomic mass is 10.3. The van der Waals surface area contributed by atoms with Crippen molar-refractivity contribution < 1.29 is 17.7 Å². The molecule has 0 spiro atoms. The van der Waals surface area contributed by atoms with Gasteiger partial charge in [0.05, 0.1) is 4.34 Å². The molecule has 3 heterocycles. The van der Waals surface area contributed by atoms with Crippen LogP contribution in [0.2, 0.25) is 4.34 Å². The standard InChI is InChI=1S/C14H16ClN3O4S2/c1-10-9-11(16-22-10)14(19)17-5-2-6-18(8-7-17)24(20,21)13-4-3-12(15)23-13/h3-4,9H,2,5-8H2,1H3. The highest BCUT2D eigenvalue weighted by Crippen LogP contribution is 2.28. The molecule has 0 unspecified atom stereocenters. The van der Waals surface area contributed by atoms with Crippen LogP contribution in [0.15, 0.2) is 26.9 Å². The highest BCUT2D eigenvalue weighted by Gasteiger charge is 2.30. The molecule has 1 amide bonds. The molecular weight excluding hydrogens is 374 g/mol. The number of aromatic nitrogens is 1. The van der Waals surface area contributed by atoms with Crippen LogP contribution in [0.25, 0.3) is 0 Å². The van der Waals surface area contributed by atoms with E-state index < -0.39 is 10.0 Å². The van der Waals surface area contributed by atoms with Crippen LogP contribution in [0.4, 0.5) is 0 Å². The van der Waals surface area contributed by atoms with Crippen molar-refractivity contribution in [1.82, 2.24) is 14.4 Å². The lowest BCUT2D eigenvalue weighted by Gasteiger charge is -2.20. The van der Waals surface area contributed by atoms with Crippen LogP contribution in [0.3, 0.4) is 0 Å². The molecule has 0 bridgehead atoms. The third-order valence-corrected chi connectivity index (χ3v) is 7.33. The number of hydrogen-bond donors (Lipinski definition) is 0. The molecule has 0 saturated carbocycles. The Bertz CT molecular complexity index is 846. The van der Waals surface area contributed by atoms with Gasteiger partial charge in [0.15, 0.2) is 5.69 Å². The van der Waals surface area contributed by atoms with Gasteiger partial charge < -0.3 is 9.42 Å². The summed E-state index contributed by atoms with van der Waals surface area (Å²) in [5, 5.41) is 3.73. The molecule has 0 atom stereocenters. The van der Waals surface area contributed by atoms with Crippen molar-refractivity contribution in [3.05, 3.63) is 34.0 Å². The number of carbonyl (C=O) groups is 1. The average molecular weight is 390 g/mol. The summed E-state index contributed by atoms with van der Waals surface area (Å²) in [7, 11) is -3.58. The van der Waals surface area contributed by atoms with Crippen LogP contribution in [0.5, 0.6) is 0 Å². The number of sulfonamides is 1. The smallest absolute Gasteiger partial charge is 0.276 e. The first kappa shape index (κ1) is 17.4. The fourth-order valence-corrected chi connectivity index (χ4v) is 5.64. The molecule has 1 aliphatic heterocycles. The van der Waals surface area contributed by atoms with Crippen LogP contribution >= 0.6 is 22.9 Å². The molecule has 3 rings (SSSR count). The Kier molecular flexibility index (Phi) is 4.95. The van der Waals surface area contributed by atoms with Gasteiger partial charge in [-0.05, 0) is 25.5 Å². The zero-order valence-corrected chi connectivity index (χ0v) is 15.3. The van der Waals surface area contributed by atoms with E-state index in [1.807, 2.05) is 0 Å². The fourth-order valence-electron chi connectivity index (χ4n) is 2.53. The number of thiophene rings is 1. The van der Waals surface area contributed by atoms with Crippen LogP contribution in [0, 0.1) is 6.92 Å². The minimum absolute atomic E-state index is 0.222. The molecule has 1 aliphatic rings. The van der Waals surface area contributed by atoms with Crippen molar-refractivity contribution in [3.63, 3.8) is 0 Å². The van der Waals surface area contributed by atoms with Crippen LogP contribution < -0.4 is 0 Å². The number of aryl methyl sites for hydroxylation is 1. The Morgan fingerprint density at radius 1 is 1.29 bits per heavy atom. The van der Waals surface area contributed by atoms with E-state index in [2.05, 4.69) is 5.16 Å². The molecule has 1 fully saturated rings. The van der Waals surface area contributed by atoms with Gasteiger partial charge >= 0.3 is 0 Å². The number of amides is 1. The highest BCUT2D eigenvalue weighted by molar-refractivity contribution is 7.91. The summed E-state index contributed by atoms with van der Waals surface area (Å²) in [5.74, 6) is 0.317. The van der Waals surface area contributed by atoms with E-state index in [4.69, 9.17) is 16.1 Å². The maximum absolute atomic E-state index is 12.7. The number of hydrogen-bond acceptors (Lipinski definition) is 6. The summed E-state index contributed by atoms with van der Waals surface area (Å²) in [6.07, 6.45) is 0.556. The van der Waals surface area contributed by atoms with E-state index in [9.17, 15) is 13.2 Å². The van der Waals surface area contributed by atoms with E-state index in [1.165, 1.54) is 10.4 Å². The molecule has 130 valence electrons. The second kappa shape index (κ2) is 6.83. The summed E-state index contributed by atoms with van der Waals surface area (Å²) >= 11 is 6.87. The topological polar surface area (TPSA) is 83.7 Å². The zero-order chi connectivity index (χ0) is 17.3. The Morgan fingerprint density at radius 2 is 2.08 bits per heavy atom. The third kappa shape index (κ3) is 3.49. The largest absolute Gasteiger partial charge is 0.361 e. The first-order valence-electron chi connectivity index (χ1n) is 7.36. The second-order valence-electron chi connectivity index (χ2n) is 5.43. The van der Waals surface area contributed by atoms with Crippen molar-refractivity contribution in [2.24, 2.45) is 0 Å². The van der Waals surface area contributed by atoms with Gasteiger partial charge in [-0.15, -0.1) is 11.3 Å². The van der Waals surface area contributed by atoms with Gasteiger partial charge in [0.2, 0.25) is 0 Å². The van der Waals surface area contributed by atoms with Crippen LogP contribution in [-0.4, -0.2) is 54.9 Å². The second-order valence-corrected chi connectivity index (χ2v) is 9.31. The van der Waals surface area contributed by atoms with E-state index in [0.717, 1.165) is 11.3 Å². The molecule has 10 heteroatoms. The normalized spacial score (nSPS) is 17.0. The molecule has 0 aromatic carbocycles. The maximum Gasteiger partial charge on any atom is 0.276 e. The summed E-state index contributed by atoms with van der Waals surface area (Å²) in [6.45, 7) is 3.09. The zero-order valence-electron chi connectivity index (χ0n) is 12.9. The van der Waals surface area contributed by atoms with Gasteiger partial charge in [0.1, 0.15) is 9.97 Å². The molecule has 1 saturated heterocycles. The van der Waals surface area contributed by atoms with E-state index >= 15 is 0 Å². The molecule has 0 aliphatic carbocycles. The summed E-state index contributed by atoms with van der Waals surface area (Å²) < 4.78 is 32.3. The van der Waals surface area contributed by atoms with Crippen molar-refractivity contribution in [3.8, 4) is 0 Å². The van der Waals surface area contributed by atoms with E-state index in [1.54, 1.807) is 24.0 Å². The average Bonchev–Trinajstić information content (AvgIpc) is 3.08. The van der Waals surface area contributed by atoms with Gasteiger partial charge in [-0.3, -0.25) is 4.79 Å². The number of nitrogens with zero attached hydrogens (tertiary/aromatic N) is 3. The molecular formula is C14H16ClN3O4S2. The lowest BCUT2D eigenvalue weighted by Crippen LogP contribution is -2.37. The number of rotatable bonds is 3. The minimum atomic E-state index is -3.58. The fraction of sp³-hybridized carbons (Fsp3) is 0.429. The van der Waals surface area contributed by atoms with Crippen LogP contribution in [-0.2, 0) is 10.0 Å². The predicted molar refractivity (Wildman–Crippen MR) is 89.8 cm³/mol. The Balaban J connectivity index is 1.72. The first-order chi connectivity index (χ1) is 11.4. The lowest BCUT2D eigenvalue weighted by molar-refractivity contribution is 0.0754. The van der Waals surface area contributed by atoms with Crippen molar-refractivity contribution in [1.29, 1.82) is 0 Å². The van der Waals surface area contributed by atoms with Crippen molar-refractivity contribution in [2.75, 3.05) is 26.2 Å². The molecule has 2 aromatic heterocycles. The third-order valence-electron chi connectivity index (χ3n) is 3.73. The monoisotopic (exact) mass is 389 g/mol. The highest BCUT2D eigenvalue weighted by atomic mass is 35.5. The van der Waals surface area contributed by atoms with Gasteiger partial charge in [-0.25, -0.2) is 8.42 Å². The number of halogens is 1. The summed E-state index contributed by atoms with van der Waals surface area (Å²) in [5.41, 5.74) is 0.244. The Morgan fingerprint density at radius 3 is 2.71 bits per heavy atom. The summed E-state index contributed by atoms with van der Waals surface area (Å²) in [4.78, 5) is 14.0. The Labute approximate surface area is 148 Å². The predicted octanol–water partition coefficient (Wildman–Crippen LogP) is 2.23. The van der Waals surface area contributed by atoms with E-state index in [0.29, 0.717) is 36.2 Å². The van der Waals surface area contributed by atoms with Gasteiger partial charge in [0.25, 0.3) is 15.9 Å². The quantitative estimate of drug-likeness (QED) is 0.803. The number of carbonyl (C=O) groups excluding carboxylic acids is 1. The van der Waals surface area contributed by atoms with Crippen molar-refractivity contribution >= 4 is 38.9 Å². The molecule has 2 aromatic rings. The molecule has 0 radical (unpaired) electrons. The van der Waals surface area contributed by atoms with Gasteiger partial charge in [-0.2, -0.15) is 4.31 Å². The SMILES string of the molecule is Cc1cc(C(=O)N2CCCN(S(=O)(=O)c3ccc(Cl)s3)CC2)no1. The van der Waals surface area contributed by atoms with Crippen molar-refractivity contribution in [2.45, 2.75) is 17.6 Å². The van der Waals surface area contributed by atoms with E-state index in [-0.39, 0.29) is 22.4 Å². The Hall–Kier alpha value is -1.42. The first-order valence-corrected chi connectivity index (χ1v) is 9.99. The van der Waals surface area contributed by atoms with Gasteiger partial charge in [-0.1, -0.05) is 16.8 Å². The summed E-state index contributed by atoms with van der Waals surface area (Å²) in [6, 6.07) is 4.66. The molecule has 0 N–H and O–H groups in total. The molecule has 24 heavy (non-hydrogen) atoms. The van der Waals surface area contributed by atoms with Gasteiger partial charge in [0, 0.05) is 32.2 Å².